The van der Waals surface area contributed by atoms with Gasteiger partial charge >= 0.3 is 11.9 Å². The molecule has 7 nitrogen and oxygen atoms in total. The Morgan fingerprint density at radius 1 is 1.06 bits per heavy atom. The molecule has 7 heteroatoms. The highest BCUT2D eigenvalue weighted by Gasteiger charge is 2.09. The van der Waals surface area contributed by atoms with E-state index in [2.05, 4.69) is 4.74 Å². The van der Waals surface area contributed by atoms with Gasteiger partial charge in [0.2, 0.25) is 0 Å². The zero-order chi connectivity index (χ0) is 22.6. The Bertz CT molecular complexity index is 1030. The Balaban J connectivity index is 2.09. The van der Waals surface area contributed by atoms with E-state index in [9.17, 15) is 9.59 Å². The van der Waals surface area contributed by atoms with E-state index in [0.29, 0.717) is 23.7 Å². The third-order valence-corrected chi connectivity index (χ3v) is 3.97. The standard InChI is InChI=1S/C24H23NO6/c1-4-12-30-21-10-8-17(15-22(21)28-2)9-11-23(26)31-20-7-5-6-18(14-20)13-19(16-25)24(27)29-3/h5-11,13-15H,4,12H2,1-3H3/b11-9+,19-13+. The predicted molar refractivity (Wildman–Crippen MR) is 115 cm³/mol. The van der Waals surface area contributed by atoms with Crippen LogP contribution in [-0.4, -0.2) is 32.8 Å². The van der Waals surface area contributed by atoms with Gasteiger partial charge in [-0.2, -0.15) is 5.26 Å². The summed E-state index contributed by atoms with van der Waals surface area (Å²) >= 11 is 0. The molecular weight excluding hydrogens is 398 g/mol. The fourth-order valence-electron chi connectivity index (χ4n) is 2.51. The van der Waals surface area contributed by atoms with E-state index in [-0.39, 0.29) is 11.3 Å². The van der Waals surface area contributed by atoms with Crippen molar-refractivity contribution in [3.8, 4) is 23.3 Å². The maximum absolute atomic E-state index is 12.2. The van der Waals surface area contributed by atoms with Gasteiger partial charge in [-0.3, -0.25) is 0 Å². The average Bonchev–Trinajstić information content (AvgIpc) is 2.79. The molecule has 2 aromatic rings. The second kappa shape index (κ2) is 11.8. The number of esters is 2. The number of benzene rings is 2. The van der Waals surface area contributed by atoms with Crippen molar-refractivity contribution in [2.45, 2.75) is 13.3 Å². The molecule has 0 spiro atoms. The monoisotopic (exact) mass is 421 g/mol. The molecule has 0 saturated carbocycles. The van der Waals surface area contributed by atoms with Crippen molar-refractivity contribution < 1.29 is 28.5 Å². The van der Waals surface area contributed by atoms with Crippen molar-refractivity contribution in [3.63, 3.8) is 0 Å². The first-order valence-corrected chi connectivity index (χ1v) is 9.51. The van der Waals surface area contributed by atoms with Gasteiger partial charge in [-0.25, -0.2) is 9.59 Å². The lowest BCUT2D eigenvalue weighted by Crippen LogP contribution is -2.04. The lowest BCUT2D eigenvalue weighted by atomic mass is 10.1. The normalized spacial score (nSPS) is 11.0. The molecule has 0 N–H and O–H groups in total. The maximum atomic E-state index is 12.2. The molecular formula is C24H23NO6. The highest BCUT2D eigenvalue weighted by atomic mass is 16.5. The summed E-state index contributed by atoms with van der Waals surface area (Å²) in [5.41, 5.74) is 1.10. The van der Waals surface area contributed by atoms with Crippen LogP contribution in [-0.2, 0) is 14.3 Å². The van der Waals surface area contributed by atoms with Crippen molar-refractivity contribution in [1.29, 1.82) is 5.26 Å². The molecule has 31 heavy (non-hydrogen) atoms. The Labute approximate surface area is 181 Å². The minimum atomic E-state index is -0.741. The summed E-state index contributed by atoms with van der Waals surface area (Å²) in [6.45, 7) is 2.60. The van der Waals surface area contributed by atoms with Crippen LogP contribution in [0.1, 0.15) is 24.5 Å². The largest absolute Gasteiger partial charge is 0.493 e. The van der Waals surface area contributed by atoms with Crippen LogP contribution in [0.5, 0.6) is 17.2 Å². The Kier molecular flexibility index (Phi) is 8.87. The molecule has 0 aromatic heterocycles. The highest BCUT2D eigenvalue weighted by molar-refractivity contribution is 5.97. The molecule has 0 radical (unpaired) electrons. The second-order valence-corrected chi connectivity index (χ2v) is 6.25. The van der Waals surface area contributed by atoms with E-state index in [1.54, 1.807) is 55.7 Å². The molecule has 2 aromatic carbocycles. The highest BCUT2D eigenvalue weighted by Crippen LogP contribution is 2.28. The first kappa shape index (κ1) is 23.2. The molecule has 0 amide bonds. The summed E-state index contributed by atoms with van der Waals surface area (Å²) in [6.07, 6.45) is 5.13. The van der Waals surface area contributed by atoms with E-state index in [4.69, 9.17) is 19.5 Å². The van der Waals surface area contributed by atoms with Crippen LogP contribution in [0.15, 0.2) is 54.1 Å². The molecule has 0 aliphatic rings. The van der Waals surface area contributed by atoms with E-state index in [0.717, 1.165) is 12.0 Å². The average molecular weight is 421 g/mol. The van der Waals surface area contributed by atoms with Crippen LogP contribution in [0.3, 0.4) is 0 Å². The first-order valence-electron chi connectivity index (χ1n) is 9.51. The number of carbonyl (C=O) groups excluding carboxylic acids is 2. The van der Waals surface area contributed by atoms with Gasteiger partial charge in [-0.05, 0) is 54.0 Å². The first-order chi connectivity index (χ1) is 15.0. The summed E-state index contributed by atoms with van der Waals surface area (Å²) < 4.78 is 20.8. The molecule has 0 saturated heterocycles. The van der Waals surface area contributed by atoms with Crippen LogP contribution < -0.4 is 14.2 Å². The van der Waals surface area contributed by atoms with Crippen LogP contribution in [0.4, 0.5) is 0 Å². The van der Waals surface area contributed by atoms with Crippen molar-refractivity contribution in [1.82, 2.24) is 0 Å². The topological polar surface area (TPSA) is 94.9 Å². The number of hydrogen-bond donors (Lipinski definition) is 0. The van der Waals surface area contributed by atoms with Crippen molar-refractivity contribution >= 4 is 24.1 Å². The van der Waals surface area contributed by atoms with Gasteiger partial charge in [0.15, 0.2) is 11.5 Å². The number of methoxy groups -OCH3 is 2. The van der Waals surface area contributed by atoms with Crippen LogP contribution in [0.25, 0.3) is 12.2 Å². The molecule has 160 valence electrons. The van der Waals surface area contributed by atoms with Gasteiger partial charge in [0.05, 0.1) is 20.8 Å². The lowest BCUT2D eigenvalue weighted by Gasteiger charge is -2.10. The summed E-state index contributed by atoms with van der Waals surface area (Å²) in [6, 6.07) is 13.6. The third kappa shape index (κ3) is 7.05. The predicted octanol–water partition coefficient (Wildman–Crippen LogP) is 4.18. The summed E-state index contributed by atoms with van der Waals surface area (Å²) in [7, 11) is 2.74. The number of carbonyl (C=O) groups is 2. The fourth-order valence-corrected chi connectivity index (χ4v) is 2.51. The minimum absolute atomic E-state index is 0.161. The fraction of sp³-hybridized carbons (Fsp3) is 0.208. The molecule has 0 aliphatic heterocycles. The van der Waals surface area contributed by atoms with Gasteiger partial charge in [0.1, 0.15) is 17.4 Å². The van der Waals surface area contributed by atoms with E-state index >= 15 is 0 Å². The Hall–Kier alpha value is -4.05. The number of rotatable bonds is 9. The number of ether oxygens (including phenoxy) is 4. The summed E-state index contributed by atoms with van der Waals surface area (Å²) in [5, 5.41) is 9.05. The van der Waals surface area contributed by atoms with Gasteiger partial charge < -0.3 is 18.9 Å². The van der Waals surface area contributed by atoms with Gasteiger partial charge in [0, 0.05) is 6.08 Å². The quantitative estimate of drug-likeness (QED) is 0.259. The molecule has 0 unspecified atom stereocenters. The zero-order valence-electron chi connectivity index (χ0n) is 17.6. The number of nitriles is 1. The second-order valence-electron chi connectivity index (χ2n) is 6.25. The van der Waals surface area contributed by atoms with E-state index < -0.39 is 11.9 Å². The van der Waals surface area contributed by atoms with Gasteiger partial charge in [0.25, 0.3) is 0 Å². The molecule has 0 bridgehead atoms. The molecule has 2 rings (SSSR count). The number of hydrogen-bond acceptors (Lipinski definition) is 7. The van der Waals surface area contributed by atoms with Crippen LogP contribution in [0.2, 0.25) is 0 Å². The summed E-state index contributed by atoms with van der Waals surface area (Å²) in [5.74, 6) is 0.153. The van der Waals surface area contributed by atoms with Crippen molar-refractivity contribution in [3.05, 3.63) is 65.2 Å². The summed E-state index contributed by atoms with van der Waals surface area (Å²) in [4.78, 5) is 23.7. The Morgan fingerprint density at radius 3 is 2.55 bits per heavy atom. The van der Waals surface area contributed by atoms with Gasteiger partial charge in [-0.15, -0.1) is 0 Å². The molecule has 0 atom stereocenters. The van der Waals surface area contributed by atoms with E-state index in [1.165, 1.54) is 25.3 Å². The lowest BCUT2D eigenvalue weighted by molar-refractivity contribution is -0.135. The Morgan fingerprint density at radius 2 is 1.87 bits per heavy atom. The smallest absolute Gasteiger partial charge is 0.348 e. The zero-order valence-corrected chi connectivity index (χ0v) is 17.6. The SMILES string of the molecule is CCCOc1ccc(/C=C/C(=O)Oc2cccc(/C=C(\C#N)C(=O)OC)c2)cc1OC. The van der Waals surface area contributed by atoms with Crippen molar-refractivity contribution in [2.24, 2.45) is 0 Å². The minimum Gasteiger partial charge on any atom is -0.493 e. The van der Waals surface area contributed by atoms with Crippen LogP contribution >= 0.6 is 0 Å². The van der Waals surface area contributed by atoms with Gasteiger partial charge in [-0.1, -0.05) is 25.1 Å². The molecule has 0 fully saturated rings. The van der Waals surface area contributed by atoms with Crippen LogP contribution in [0, 0.1) is 11.3 Å². The molecule has 0 aliphatic carbocycles. The molecule has 0 heterocycles. The van der Waals surface area contributed by atoms with Crippen molar-refractivity contribution in [2.75, 3.05) is 20.8 Å². The maximum Gasteiger partial charge on any atom is 0.348 e. The number of nitrogens with zero attached hydrogens (tertiary/aromatic N) is 1. The van der Waals surface area contributed by atoms with E-state index in [1.807, 2.05) is 6.92 Å². The third-order valence-electron chi connectivity index (χ3n) is 3.97.